The number of carbonyl (C=O) groups excluding carboxylic acids is 1. The molecule has 2 rings (SSSR count). The van der Waals surface area contributed by atoms with Crippen molar-refractivity contribution in [2.24, 2.45) is 0 Å². The first-order valence-corrected chi connectivity index (χ1v) is 7.21. The minimum absolute atomic E-state index is 0. The third-order valence-corrected chi connectivity index (χ3v) is 3.37. The monoisotopic (exact) mass is 264 g/mol. The highest BCUT2D eigenvalue weighted by atomic mass is 16.1. The summed E-state index contributed by atoms with van der Waals surface area (Å²) in [6.07, 6.45) is 2.10. The first-order valence-electron chi connectivity index (χ1n) is 7.21. The molecule has 1 aromatic carbocycles. The Bertz CT molecular complexity index is 384. The number of nitrogens with zero attached hydrogens (tertiary/aromatic N) is 1. The number of hydrogen-bond acceptors (Lipinski definition) is 2. The van der Waals surface area contributed by atoms with Gasteiger partial charge in [-0.1, -0.05) is 31.5 Å². The van der Waals surface area contributed by atoms with Crippen LogP contribution in [0.5, 0.6) is 0 Å². The number of nitrogens with one attached hydrogen (secondary N) is 1. The van der Waals surface area contributed by atoms with Gasteiger partial charge in [-0.15, -0.1) is 0 Å². The number of amides is 1. The molecular formula is C16H28N2O. The van der Waals surface area contributed by atoms with E-state index < -0.39 is 0 Å². The smallest absolute Gasteiger partial charge is 0.251 e. The number of benzene rings is 1. The predicted molar refractivity (Wildman–Crippen MR) is 82.6 cm³/mol. The highest BCUT2D eigenvalue weighted by molar-refractivity contribution is 5.94. The zero-order valence-electron chi connectivity index (χ0n) is 12.6. The van der Waals surface area contributed by atoms with Gasteiger partial charge in [0.1, 0.15) is 0 Å². The SMILES string of the molecule is CC.Cc1ccc(C(=O)NC2CCN(C)CC2)cc1.[HH]. The van der Waals surface area contributed by atoms with Crippen molar-refractivity contribution >= 4 is 5.91 Å². The van der Waals surface area contributed by atoms with Gasteiger partial charge in [0.25, 0.3) is 5.91 Å². The quantitative estimate of drug-likeness (QED) is 0.890. The summed E-state index contributed by atoms with van der Waals surface area (Å²) in [7, 11) is 2.12. The van der Waals surface area contributed by atoms with Crippen molar-refractivity contribution in [1.29, 1.82) is 0 Å². The van der Waals surface area contributed by atoms with Gasteiger partial charge < -0.3 is 10.2 Å². The van der Waals surface area contributed by atoms with Crippen LogP contribution in [0.2, 0.25) is 0 Å². The number of aryl methyl sites for hydroxylation is 1. The molecule has 108 valence electrons. The van der Waals surface area contributed by atoms with E-state index >= 15 is 0 Å². The van der Waals surface area contributed by atoms with E-state index in [4.69, 9.17) is 0 Å². The highest BCUT2D eigenvalue weighted by Crippen LogP contribution is 2.10. The van der Waals surface area contributed by atoms with Gasteiger partial charge in [-0.05, 0) is 52.0 Å². The van der Waals surface area contributed by atoms with Crippen LogP contribution in [0.3, 0.4) is 0 Å². The average Bonchev–Trinajstić information content (AvgIpc) is 2.44. The van der Waals surface area contributed by atoms with E-state index in [1.807, 2.05) is 45.0 Å². The molecule has 0 spiro atoms. The minimum Gasteiger partial charge on any atom is -0.349 e. The topological polar surface area (TPSA) is 32.3 Å². The predicted octanol–water partition coefficient (Wildman–Crippen LogP) is 3.09. The summed E-state index contributed by atoms with van der Waals surface area (Å²) in [5.41, 5.74) is 1.94. The maximum atomic E-state index is 12.0. The van der Waals surface area contributed by atoms with Crippen LogP contribution in [0.25, 0.3) is 0 Å². The molecule has 1 N–H and O–H groups in total. The lowest BCUT2D eigenvalue weighted by Gasteiger charge is -2.29. The summed E-state index contributed by atoms with van der Waals surface area (Å²) >= 11 is 0. The average molecular weight is 264 g/mol. The summed E-state index contributed by atoms with van der Waals surface area (Å²) in [6.45, 7) is 8.16. The van der Waals surface area contributed by atoms with Gasteiger partial charge >= 0.3 is 0 Å². The molecule has 0 unspecified atom stereocenters. The third kappa shape index (κ3) is 5.03. The van der Waals surface area contributed by atoms with Crippen molar-refractivity contribution in [3.8, 4) is 0 Å². The van der Waals surface area contributed by atoms with Gasteiger partial charge in [0, 0.05) is 13.0 Å². The maximum Gasteiger partial charge on any atom is 0.251 e. The fourth-order valence-corrected chi connectivity index (χ4v) is 2.13. The van der Waals surface area contributed by atoms with Gasteiger partial charge in [-0.3, -0.25) is 4.79 Å². The van der Waals surface area contributed by atoms with Gasteiger partial charge in [0.15, 0.2) is 0 Å². The van der Waals surface area contributed by atoms with E-state index in [9.17, 15) is 4.79 Å². The second-order valence-electron chi connectivity index (χ2n) is 4.92. The number of hydrogen-bond donors (Lipinski definition) is 1. The fourth-order valence-electron chi connectivity index (χ4n) is 2.13. The molecule has 0 aromatic heterocycles. The van der Waals surface area contributed by atoms with E-state index in [1.54, 1.807) is 0 Å². The van der Waals surface area contributed by atoms with Gasteiger partial charge in [0.05, 0.1) is 0 Å². The molecule has 1 aliphatic heterocycles. The first kappa shape index (κ1) is 15.7. The Balaban J connectivity index is 0.00000115. The molecule has 1 aromatic rings. The molecule has 3 nitrogen and oxygen atoms in total. The summed E-state index contributed by atoms with van der Waals surface area (Å²) in [6, 6.07) is 8.06. The lowest BCUT2D eigenvalue weighted by Crippen LogP contribution is -2.43. The summed E-state index contributed by atoms with van der Waals surface area (Å²) in [5.74, 6) is 0.0551. The van der Waals surface area contributed by atoms with E-state index in [1.165, 1.54) is 5.56 Å². The van der Waals surface area contributed by atoms with Crippen molar-refractivity contribution in [3.63, 3.8) is 0 Å². The van der Waals surface area contributed by atoms with E-state index in [2.05, 4.69) is 17.3 Å². The van der Waals surface area contributed by atoms with Crippen molar-refractivity contribution in [2.75, 3.05) is 20.1 Å². The Hall–Kier alpha value is -1.35. The molecule has 1 aliphatic rings. The molecule has 0 aliphatic carbocycles. The Morgan fingerprint density at radius 2 is 1.74 bits per heavy atom. The van der Waals surface area contributed by atoms with Gasteiger partial charge in [-0.25, -0.2) is 0 Å². The lowest BCUT2D eigenvalue weighted by molar-refractivity contribution is 0.0917. The molecule has 1 fully saturated rings. The van der Waals surface area contributed by atoms with Crippen LogP contribution >= 0.6 is 0 Å². The van der Waals surface area contributed by atoms with Crippen LogP contribution in [0, 0.1) is 6.92 Å². The third-order valence-electron chi connectivity index (χ3n) is 3.37. The molecule has 0 saturated carbocycles. The normalized spacial score (nSPS) is 16.4. The number of likely N-dealkylation sites (tertiary alicyclic amines) is 1. The summed E-state index contributed by atoms with van der Waals surface area (Å²) in [5, 5.41) is 3.11. The maximum absolute atomic E-state index is 12.0. The van der Waals surface area contributed by atoms with Crippen molar-refractivity contribution in [3.05, 3.63) is 35.4 Å². The number of carbonyl (C=O) groups is 1. The largest absolute Gasteiger partial charge is 0.349 e. The molecule has 3 heteroatoms. The molecule has 1 amide bonds. The van der Waals surface area contributed by atoms with Gasteiger partial charge in [0.2, 0.25) is 0 Å². The summed E-state index contributed by atoms with van der Waals surface area (Å²) < 4.78 is 0. The van der Waals surface area contributed by atoms with Crippen LogP contribution in [-0.2, 0) is 0 Å². The van der Waals surface area contributed by atoms with Crippen molar-refractivity contribution < 1.29 is 6.22 Å². The zero-order chi connectivity index (χ0) is 14.3. The Kier molecular flexibility index (Phi) is 6.57. The van der Waals surface area contributed by atoms with E-state index in [0.717, 1.165) is 31.5 Å². The first-order chi connectivity index (χ1) is 9.15. The number of rotatable bonds is 2. The molecule has 0 bridgehead atoms. The highest BCUT2D eigenvalue weighted by Gasteiger charge is 2.18. The minimum atomic E-state index is 0. The standard InChI is InChI=1S/C14H20N2O.C2H6.H2/c1-11-3-5-12(6-4-11)14(17)15-13-7-9-16(2)10-8-13;1-2;/h3-6,13H,7-10H2,1-2H3,(H,15,17);1-2H3;1H. The zero-order valence-corrected chi connectivity index (χ0v) is 12.6. The summed E-state index contributed by atoms with van der Waals surface area (Å²) in [4.78, 5) is 14.3. The molecule has 1 saturated heterocycles. The van der Waals surface area contributed by atoms with Crippen LogP contribution in [-0.4, -0.2) is 37.0 Å². The molecule has 19 heavy (non-hydrogen) atoms. The Labute approximate surface area is 118 Å². The Morgan fingerprint density at radius 3 is 2.26 bits per heavy atom. The van der Waals surface area contributed by atoms with Crippen molar-refractivity contribution in [1.82, 2.24) is 10.2 Å². The molecule has 1 heterocycles. The van der Waals surface area contributed by atoms with Crippen molar-refractivity contribution in [2.45, 2.75) is 39.7 Å². The van der Waals surface area contributed by atoms with Gasteiger partial charge in [-0.2, -0.15) is 0 Å². The van der Waals surface area contributed by atoms with Crippen LogP contribution in [0.15, 0.2) is 24.3 Å². The number of piperidine rings is 1. The fraction of sp³-hybridized carbons (Fsp3) is 0.562. The second kappa shape index (κ2) is 7.95. The van der Waals surface area contributed by atoms with Crippen LogP contribution < -0.4 is 5.32 Å². The Morgan fingerprint density at radius 1 is 1.21 bits per heavy atom. The van der Waals surface area contributed by atoms with E-state index in [-0.39, 0.29) is 7.33 Å². The van der Waals surface area contributed by atoms with Crippen LogP contribution in [0.4, 0.5) is 0 Å². The van der Waals surface area contributed by atoms with E-state index in [0.29, 0.717) is 6.04 Å². The molecule has 0 radical (unpaired) electrons. The lowest BCUT2D eigenvalue weighted by atomic mass is 10.0. The second-order valence-corrected chi connectivity index (χ2v) is 4.92. The molecule has 0 atom stereocenters. The molecular weight excluding hydrogens is 236 g/mol. The van der Waals surface area contributed by atoms with Crippen LogP contribution in [0.1, 0.15) is 44.0 Å².